The first-order chi connectivity index (χ1) is 15.9. The molecule has 0 saturated carbocycles. The summed E-state index contributed by atoms with van der Waals surface area (Å²) < 4.78 is 19.2. The van der Waals surface area contributed by atoms with Crippen molar-refractivity contribution in [3.8, 4) is 0 Å². The van der Waals surface area contributed by atoms with Crippen molar-refractivity contribution in [2.75, 3.05) is 44.7 Å². The summed E-state index contributed by atoms with van der Waals surface area (Å²) in [5.74, 6) is -0.643. The maximum atomic E-state index is 13.8. The first kappa shape index (κ1) is 21.9. The minimum atomic E-state index is -0.397. The highest BCUT2D eigenvalue weighted by molar-refractivity contribution is 6.34. The van der Waals surface area contributed by atoms with Gasteiger partial charge in [0, 0.05) is 54.9 Å². The summed E-state index contributed by atoms with van der Waals surface area (Å²) in [6.07, 6.45) is 3.72. The molecule has 5 rings (SSSR count). The van der Waals surface area contributed by atoms with E-state index in [0.717, 1.165) is 63.5 Å². The van der Waals surface area contributed by atoms with Gasteiger partial charge < -0.3 is 19.9 Å². The summed E-state index contributed by atoms with van der Waals surface area (Å²) in [5.41, 5.74) is 4.45. The number of morpholine rings is 1. The Hall–Kier alpha value is -2.97. The van der Waals surface area contributed by atoms with Crippen LogP contribution in [0.5, 0.6) is 0 Å². The number of anilines is 1. The van der Waals surface area contributed by atoms with Crippen LogP contribution in [0.3, 0.4) is 0 Å². The molecule has 8 heteroatoms. The van der Waals surface area contributed by atoms with E-state index in [1.54, 1.807) is 12.1 Å². The molecule has 33 heavy (non-hydrogen) atoms. The van der Waals surface area contributed by atoms with Crippen molar-refractivity contribution in [3.05, 3.63) is 52.1 Å². The summed E-state index contributed by atoms with van der Waals surface area (Å²) in [6, 6.07) is 4.44. The Morgan fingerprint density at radius 1 is 1.24 bits per heavy atom. The molecule has 0 bridgehead atoms. The van der Waals surface area contributed by atoms with Gasteiger partial charge in [-0.2, -0.15) is 0 Å². The standard InChI is InChI=1S/C25H29FN4O3/c1-15-22(13-20-19-12-17(26)5-6-21(19)28-24(20)31)27-16(2)23(15)25(32)30-7-3-4-18(30)14-29-8-10-33-11-9-29/h5-6,12-13,18,27H,3-4,7-11,14H2,1-2H3,(H,28,31)/b20-13-. The van der Waals surface area contributed by atoms with Crippen molar-refractivity contribution >= 4 is 29.2 Å². The van der Waals surface area contributed by atoms with E-state index in [1.807, 2.05) is 18.7 Å². The van der Waals surface area contributed by atoms with Crippen LogP contribution in [0.2, 0.25) is 0 Å². The van der Waals surface area contributed by atoms with E-state index in [9.17, 15) is 14.0 Å². The minimum absolute atomic E-state index is 0.0315. The van der Waals surface area contributed by atoms with E-state index in [-0.39, 0.29) is 17.9 Å². The molecule has 0 spiro atoms. The summed E-state index contributed by atoms with van der Waals surface area (Å²) in [4.78, 5) is 33.8. The lowest BCUT2D eigenvalue weighted by Gasteiger charge is -2.33. The maximum absolute atomic E-state index is 13.8. The number of aromatic amines is 1. The van der Waals surface area contributed by atoms with Crippen LogP contribution in [0.1, 0.15) is 45.7 Å². The van der Waals surface area contributed by atoms with Crippen molar-refractivity contribution in [1.29, 1.82) is 0 Å². The van der Waals surface area contributed by atoms with Gasteiger partial charge >= 0.3 is 0 Å². The van der Waals surface area contributed by atoms with Crippen LogP contribution in [0.25, 0.3) is 11.6 Å². The highest BCUT2D eigenvalue weighted by Crippen LogP contribution is 2.35. The number of fused-ring (bicyclic) bond motifs is 1. The summed E-state index contributed by atoms with van der Waals surface area (Å²) in [6.45, 7) is 8.71. The molecule has 2 fully saturated rings. The van der Waals surface area contributed by atoms with Gasteiger partial charge in [-0.1, -0.05) is 0 Å². The van der Waals surface area contributed by atoms with Gasteiger partial charge in [0.05, 0.1) is 24.4 Å². The molecule has 7 nitrogen and oxygen atoms in total. The molecule has 1 atom stereocenters. The topological polar surface area (TPSA) is 77.7 Å². The maximum Gasteiger partial charge on any atom is 0.256 e. The molecule has 3 aliphatic rings. The van der Waals surface area contributed by atoms with Crippen LogP contribution in [0.15, 0.2) is 18.2 Å². The molecule has 4 heterocycles. The zero-order valence-electron chi connectivity index (χ0n) is 19.0. The Morgan fingerprint density at radius 2 is 2.03 bits per heavy atom. The lowest BCUT2D eigenvalue weighted by atomic mass is 10.0. The fourth-order valence-corrected chi connectivity index (χ4v) is 5.21. The Kier molecular flexibility index (Phi) is 5.80. The van der Waals surface area contributed by atoms with Crippen molar-refractivity contribution in [1.82, 2.24) is 14.8 Å². The number of aryl methyl sites for hydroxylation is 1. The van der Waals surface area contributed by atoms with E-state index in [0.29, 0.717) is 28.1 Å². The van der Waals surface area contributed by atoms with Crippen LogP contribution >= 0.6 is 0 Å². The molecule has 2 N–H and O–H groups in total. The smallest absolute Gasteiger partial charge is 0.256 e. The van der Waals surface area contributed by atoms with Crippen LogP contribution in [0.4, 0.5) is 10.1 Å². The number of carbonyl (C=O) groups excluding carboxylic acids is 2. The van der Waals surface area contributed by atoms with E-state index >= 15 is 0 Å². The molecule has 1 unspecified atom stereocenters. The van der Waals surface area contributed by atoms with Crippen LogP contribution in [0, 0.1) is 19.7 Å². The zero-order chi connectivity index (χ0) is 23.1. The molecule has 0 radical (unpaired) electrons. The predicted octanol–water partition coefficient (Wildman–Crippen LogP) is 3.20. The molecule has 2 saturated heterocycles. The number of hydrogen-bond donors (Lipinski definition) is 2. The highest BCUT2D eigenvalue weighted by Gasteiger charge is 2.33. The SMILES string of the molecule is Cc1[nH]c(/C=C2\C(=O)Nc3ccc(F)cc32)c(C)c1C(=O)N1CCCC1CN1CCOCC1. The van der Waals surface area contributed by atoms with Crippen molar-refractivity contribution < 1.29 is 18.7 Å². The molecular formula is C25H29FN4O3. The Morgan fingerprint density at radius 3 is 2.82 bits per heavy atom. The lowest BCUT2D eigenvalue weighted by Crippen LogP contribution is -2.46. The van der Waals surface area contributed by atoms with Crippen molar-refractivity contribution in [2.24, 2.45) is 0 Å². The zero-order valence-corrected chi connectivity index (χ0v) is 19.0. The second-order valence-corrected chi connectivity index (χ2v) is 9.07. The summed E-state index contributed by atoms with van der Waals surface area (Å²) in [5, 5.41) is 2.77. The minimum Gasteiger partial charge on any atom is -0.379 e. The molecule has 0 aliphatic carbocycles. The number of halogens is 1. The number of hydrogen-bond acceptors (Lipinski definition) is 4. The van der Waals surface area contributed by atoms with Gasteiger partial charge in [0.15, 0.2) is 0 Å². The number of likely N-dealkylation sites (tertiary alicyclic amines) is 1. The number of aromatic nitrogens is 1. The third-order valence-electron chi connectivity index (χ3n) is 6.95. The Balaban J connectivity index is 1.41. The molecule has 174 valence electrons. The first-order valence-electron chi connectivity index (χ1n) is 11.6. The second kappa shape index (κ2) is 8.76. The van der Waals surface area contributed by atoms with Crippen molar-refractivity contribution in [3.63, 3.8) is 0 Å². The first-order valence-corrected chi connectivity index (χ1v) is 11.6. The van der Waals surface area contributed by atoms with Crippen LogP contribution < -0.4 is 5.32 Å². The number of H-pyrrole nitrogens is 1. The fraction of sp³-hybridized carbons (Fsp3) is 0.440. The number of ether oxygens (including phenoxy) is 1. The fourth-order valence-electron chi connectivity index (χ4n) is 5.21. The third-order valence-corrected chi connectivity index (χ3v) is 6.95. The molecule has 2 aromatic rings. The number of carbonyl (C=O) groups is 2. The van der Waals surface area contributed by atoms with Gasteiger partial charge in [-0.25, -0.2) is 4.39 Å². The lowest BCUT2D eigenvalue weighted by molar-refractivity contribution is -0.110. The number of nitrogens with one attached hydrogen (secondary N) is 2. The van der Waals surface area contributed by atoms with Gasteiger partial charge in [0.2, 0.25) is 0 Å². The normalized spacial score (nSPS) is 22.2. The van der Waals surface area contributed by atoms with E-state index in [2.05, 4.69) is 15.2 Å². The van der Waals surface area contributed by atoms with Crippen LogP contribution in [-0.4, -0.2) is 72.0 Å². The summed E-state index contributed by atoms with van der Waals surface area (Å²) in [7, 11) is 0. The van der Waals surface area contributed by atoms with E-state index < -0.39 is 5.82 Å². The van der Waals surface area contributed by atoms with E-state index in [4.69, 9.17) is 4.74 Å². The summed E-state index contributed by atoms with van der Waals surface area (Å²) >= 11 is 0. The third kappa shape index (κ3) is 4.09. The van der Waals surface area contributed by atoms with Gasteiger partial charge in [-0.05, 0) is 56.5 Å². The second-order valence-electron chi connectivity index (χ2n) is 9.07. The quantitative estimate of drug-likeness (QED) is 0.699. The highest BCUT2D eigenvalue weighted by atomic mass is 19.1. The predicted molar refractivity (Wildman–Crippen MR) is 124 cm³/mol. The monoisotopic (exact) mass is 452 g/mol. The molecule has 2 amide bonds. The molecule has 1 aromatic carbocycles. The molecular weight excluding hydrogens is 423 g/mol. The van der Waals surface area contributed by atoms with Gasteiger partial charge in [0.25, 0.3) is 11.8 Å². The van der Waals surface area contributed by atoms with E-state index in [1.165, 1.54) is 12.1 Å². The number of rotatable bonds is 4. The van der Waals surface area contributed by atoms with Crippen LogP contribution in [-0.2, 0) is 9.53 Å². The largest absolute Gasteiger partial charge is 0.379 e. The Labute approximate surface area is 192 Å². The number of nitrogens with zero attached hydrogens (tertiary/aromatic N) is 2. The van der Waals surface area contributed by atoms with Gasteiger partial charge in [-0.3, -0.25) is 14.5 Å². The Bertz CT molecular complexity index is 1130. The molecule has 1 aromatic heterocycles. The number of amides is 2. The number of benzene rings is 1. The average Bonchev–Trinajstić information content (AvgIpc) is 3.45. The molecule has 3 aliphatic heterocycles. The van der Waals surface area contributed by atoms with Gasteiger partial charge in [0.1, 0.15) is 5.82 Å². The average molecular weight is 453 g/mol. The van der Waals surface area contributed by atoms with Crippen molar-refractivity contribution in [2.45, 2.75) is 32.7 Å². The van der Waals surface area contributed by atoms with Gasteiger partial charge in [-0.15, -0.1) is 0 Å².